The maximum absolute atomic E-state index is 12.6. The van der Waals surface area contributed by atoms with Gasteiger partial charge in [0, 0.05) is 7.05 Å². The van der Waals surface area contributed by atoms with Crippen molar-refractivity contribution in [2.75, 3.05) is 26.5 Å². The quantitative estimate of drug-likeness (QED) is 0.695. The van der Waals surface area contributed by atoms with Gasteiger partial charge in [-0.1, -0.05) is 54.1 Å². The minimum Gasteiger partial charge on any atom is -0.490 e. The number of halogens is 1. The number of ether oxygens (including phenoxy) is 1. The van der Waals surface area contributed by atoms with Crippen molar-refractivity contribution in [2.24, 2.45) is 0 Å². The van der Waals surface area contributed by atoms with Gasteiger partial charge in [-0.3, -0.25) is 4.79 Å². The highest BCUT2D eigenvalue weighted by molar-refractivity contribution is 7.88. The zero-order valence-electron chi connectivity index (χ0n) is 14.6. The van der Waals surface area contributed by atoms with Gasteiger partial charge in [0.25, 0.3) is 0 Å². The Morgan fingerprint density at radius 1 is 1.15 bits per heavy atom. The summed E-state index contributed by atoms with van der Waals surface area (Å²) in [7, 11) is -2.17. The van der Waals surface area contributed by atoms with Crippen LogP contribution in [-0.2, 0) is 14.8 Å². The van der Waals surface area contributed by atoms with Crippen molar-refractivity contribution < 1.29 is 17.9 Å². The third-order valence-corrected chi connectivity index (χ3v) is 5.32. The summed E-state index contributed by atoms with van der Waals surface area (Å²) < 4.78 is 30.4. The lowest BCUT2D eigenvalue weighted by Crippen LogP contribution is -2.42. The number of amides is 1. The molecule has 0 aliphatic rings. The molecule has 8 heteroatoms. The molecule has 0 bridgehead atoms. The molecule has 0 saturated carbocycles. The third-order valence-electron chi connectivity index (χ3n) is 3.75. The van der Waals surface area contributed by atoms with Gasteiger partial charge in [0.05, 0.1) is 17.8 Å². The summed E-state index contributed by atoms with van der Waals surface area (Å²) in [6, 6.07) is 14.8. The van der Waals surface area contributed by atoms with E-state index in [1.165, 1.54) is 7.05 Å². The summed E-state index contributed by atoms with van der Waals surface area (Å²) in [5.41, 5.74) is 0.588. The molecule has 0 spiro atoms. The van der Waals surface area contributed by atoms with Crippen LogP contribution in [0.2, 0.25) is 5.02 Å². The van der Waals surface area contributed by atoms with E-state index in [0.29, 0.717) is 16.3 Å². The van der Waals surface area contributed by atoms with E-state index in [0.717, 1.165) is 10.6 Å². The van der Waals surface area contributed by atoms with Crippen molar-refractivity contribution in [3.05, 3.63) is 65.2 Å². The molecule has 0 heterocycles. The average molecular weight is 397 g/mol. The molecular formula is C18H21ClN2O4S. The van der Waals surface area contributed by atoms with Gasteiger partial charge < -0.3 is 10.1 Å². The first kappa shape index (κ1) is 20.2. The van der Waals surface area contributed by atoms with Gasteiger partial charge in [0.15, 0.2) is 0 Å². The van der Waals surface area contributed by atoms with Crippen molar-refractivity contribution in [3.63, 3.8) is 0 Å². The number of benzene rings is 2. The molecule has 0 radical (unpaired) electrons. The first-order chi connectivity index (χ1) is 12.3. The van der Waals surface area contributed by atoms with Crippen LogP contribution in [0.15, 0.2) is 54.6 Å². The van der Waals surface area contributed by atoms with Gasteiger partial charge in [-0.25, -0.2) is 8.42 Å². The molecule has 0 fully saturated rings. The molecule has 2 aromatic carbocycles. The van der Waals surface area contributed by atoms with Crippen LogP contribution < -0.4 is 10.1 Å². The highest BCUT2D eigenvalue weighted by atomic mass is 35.5. The summed E-state index contributed by atoms with van der Waals surface area (Å²) >= 11 is 6.00. The maximum atomic E-state index is 12.6. The van der Waals surface area contributed by atoms with Crippen LogP contribution in [0.5, 0.6) is 5.75 Å². The average Bonchev–Trinajstić information content (AvgIpc) is 2.60. The van der Waals surface area contributed by atoms with E-state index in [9.17, 15) is 13.2 Å². The summed E-state index contributed by atoms with van der Waals surface area (Å²) in [5, 5.41) is 3.19. The Labute approximate surface area is 158 Å². The lowest BCUT2D eigenvalue weighted by Gasteiger charge is -2.25. The molecular weight excluding hydrogens is 376 g/mol. The number of nitrogens with one attached hydrogen (secondary N) is 1. The number of carbonyl (C=O) groups excluding carboxylic acids is 1. The second-order valence-electron chi connectivity index (χ2n) is 5.66. The molecule has 2 rings (SSSR count). The number of sulfonamides is 1. The maximum Gasteiger partial charge on any atom is 0.243 e. The molecule has 0 aromatic heterocycles. The van der Waals surface area contributed by atoms with E-state index in [2.05, 4.69) is 5.32 Å². The van der Waals surface area contributed by atoms with Crippen LogP contribution in [0, 0.1) is 0 Å². The van der Waals surface area contributed by atoms with Gasteiger partial charge in [0.2, 0.25) is 15.9 Å². The number of para-hydroxylation sites is 1. The molecule has 6 nitrogen and oxygen atoms in total. The lowest BCUT2D eigenvalue weighted by atomic mass is 10.1. The zero-order valence-corrected chi connectivity index (χ0v) is 16.1. The number of rotatable bonds is 8. The predicted molar refractivity (Wildman–Crippen MR) is 102 cm³/mol. The lowest BCUT2D eigenvalue weighted by molar-refractivity contribution is -0.124. The topological polar surface area (TPSA) is 75.7 Å². The summed E-state index contributed by atoms with van der Waals surface area (Å²) in [6.45, 7) is 0.421. The fourth-order valence-corrected chi connectivity index (χ4v) is 3.14. The van der Waals surface area contributed by atoms with E-state index in [1.54, 1.807) is 54.6 Å². The van der Waals surface area contributed by atoms with E-state index in [-0.39, 0.29) is 13.2 Å². The molecule has 0 saturated heterocycles. The summed E-state index contributed by atoms with van der Waals surface area (Å²) in [4.78, 5) is 12.6. The van der Waals surface area contributed by atoms with Crippen LogP contribution in [0.25, 0.3) is 0 Å². The molecule has 0 unspecified atom stereocenters. The molecule has 0 aliphatic heterocycles. The smallest absolute Gasteiger partial charge is 0.243 e. The van der Waals surface area contributed by atoms with Crippen LogP contribution in [0.4, 0.5) is 0 Å². The van der Waals surface area contributed by atoms with Gasteiger partial charge >= 0.3 is 0 Å². The molecule has 1 atom stereocenters. The van der Waals surface area contributed by atoms with Crippen molar-refractivity contribution in [3.8, 4) is 5.75 Å². The van der Waals surface area contributed by atoms with Gasteiger partial charge in [-0.05, 0) is 17.7 Å². The summed E-state index contributed by atoms with van der Waals surface area (Å²) in [6.07, 6.45) is 1.07. The normalized spacial score (nSPS) is 12.6. The standard InChI is InChI=1S/C18H21ClN2O4S/c1-21(26(2,23)24)17(14-8-4-3-5-9-14)18(22)20-12-13-25-16-11-7-6-10-15(16)19/h3-11,17H,12-13H2,1-2H3,(H,20,22)/t17-/m0/s1. The highest BCUT2D eigenvalue weighted by Crippen LogP contribution is 2.23. The Bertz CT molecular complexity index is 843. The minimum absolute atomic E-state index is 0.208. The second kappa shape index (κ2) is 9.02. The zero-order chi connectivity index (χ0) is 19.2. The molecule has 2 aromatic rings. The van der Waals surface area contributed by atoms with Crippen LogP contribution >= 0.6 is 11.6 Å². The molecule has 140 valence electrons. The van der Waals surface area contributed by atoms with Crippen molar-refractivity contribution in [2.45, 2.75) is 6.04 Å². The van der Waals surface area contributed by atoms with Gasteiger partial charge in [-0.15, -0.1) is 0 Å². The number of hydrogen-bond donors (Lipinski definition) is 1. The SMILES string of the molecule is CN([C@H](C(=O)NCCOc1ccccc1Cl)c1ccccc1)S(C)(=O)=O. The second-order valence-corrected chi connectivity index (χ2v) is 8.11. The third kappa shape index (κ3) is 5.45. The van der Waals surface area contributed by atoms with Crippen LogP contribution in [0.1, 0.15) is 11.6 Å². The summed E-state index contributed by atoms with van der Waals surface area (Å²) in [5.74, 6) is 0.100. The predicted octanol–water partition coefficient (Wildman–Crippen LogP) is 2.47. The monoisotopic (exact) mass is 396 g/mol. The first-order valence-electron chi connectivity index (χ1n) is 7.93. The Balaban J connectivity index is 2.02. The van der Waals surface area contributed by atoms with Gasteiger partial charge in [-0.2, -0.15) is 4.31 Å². The van der Waals surface area contributed by atoms with Crippen molar-refractivity contribution in [1.29, 1.82) is 0 Å². The van der Waals surface area contributed by atoms with E-state index < -0.39 is 22.0 Å². The number of likely N-dealkylation sites (N-methyl/N-ethyl adjacent to an activating group) is 1. The number of nitrogens with zero attached hydrogens (tertiary/aromatic N) is 1. The molecule has 1 N–H and O–H groups in total. The largest absolute Gasteiger partial charge is 0.490 e. The van der Waals surface area contributed by atoms with Crippen molar-refractivity contribution >= 4 is 27.5 Å². The van der Waals surface area contributed by atoms with E-state index >= 15 is 0 Å². The number of hydrogen-bond acceptors (Lipinski definition) is 4. The Morgan fingerprint density at radius 3 is 2.38 bits per heavy atom. The van der Waals surface area contributed by atoms with E-state index in [1.807, 2.05) is 0 Å². The Kier molecular flexibility index (Phi) is 7.02. The highest BCUT2D eigenvalue weighted by Gasteiger charge is 2.30. The Morgan fingerprint density at radius 2 is 1.77 bits per heavy atom. The van der Waals surface area contributed by atoms with E-state index in [4.69, 9.17) is 16.3 Å². The minimum atomic E-state index is -3.55. The van der Waals surface area contributed by atoms with Crippen LogP contribution in [-0.4, -0.2) is 45.1 Å². The fourth-order valence-electron chi connectivity index (χ4n) is 2.35. The first-order valence-corrected chi connectivity index (χ1v) is 10.2. The van der Waals surface area contributed by atoms with Gasteiger partial charge in [0.1, 0.15) is 18.4 Å². The van der Waals surface area contributed by atoms with Crippen LogP contribution in [0.3, 0.4) is 0 Å². The molecule has 26 heavy (non-hydrogen) atoms. The Hall–Kier alpha value is -2.09. The number of carbonyl (C=O) groups is 1. The molecule has 1 amide bonds. The fraction of sp³-hybridized carbons (Fsp3) is 0.278. The van der Waals surface area contributed by atoms with Crippen molar-refractivity contribution in [1.82, 2.24) is 9.62 Å². The molecule has 0 aliphatic carbocycles.